The van der Waals surface area contributed by atoms with Crippen LogP contribution in [-0.4, -0.2) is 27.4 Å². The predicted molar refractivity (Wildman–Crippen MR) is 115 cm³/mol. The number of sulfonamides is 1. The molecule has 29 heavy (non-hydrogen) atoms. The lowest BCUT2D eigenvalue weighted by Crippen LogP contribution is -2.36. The molecule has 0 aromatic heterocycles. The van der Waals surface area contributed by atoms with Gasteiger partial charge in [0.25, 0.3) is 15.9 Å². The van der Waals surface area contributed by atoms with Gasteiger partial charge in [-0.1, -0.05) is 42.5 Å². The lowest BCUT2D eigenvalue weighted by molar-refractivity contribution is 0.0981. The van der Waals surface area contributed by atoms with E-state index in [0.717, 1.165) is 17.7 Å². The molecule has 1 heterocycles. The van der Waals surface area contributed by atoms with E-state index >= 15 is 0 Å². The minimum atomic E-state index is -3.70. The number of hydrogen-bond acceptors (Lipinski definition) is 3. The van der Waals surface area contributed by atoms with Gasteiger partial charge < -0.3 is 4.90 Å². The molecule has 0 N–H and O–H groups in total. The van der Waals surface area contributed by atoms with E-state index in [1.807, 2.05) is 31.2 Å². The van der Waals surface area contributed by atoms with Crippen molar-refractivity contribution in [1.29, 1.82) is 0 Å². The van der Waals surface area contributed by atoms with Crippen molar-refractivity contribution in [2.75, 3.05) is 16.3 Å². The van der Waals surface area contributed by atoms with Crippen molar-refractivity contribution in [3.63, 3.8) is 0 Å². The summed E-state index contributed by atoms with van der Waals surface area (Å²) in [7, 11) is -2.20. The van der Waals surface area contributed by atoms with E-state index in [1.54, 1.807) is 59.5 Å². The maximum atomic E-state index is 13.3. The summed E-state index contributed by atoms with van der Waals surface area (Å²) in [6.07, 6.45) is 0.809. The average Bonchev–Trinajstić information content (AvgIpc) is 3.09. The molecule has 1 aliphatic heterocycles. The number of amides is 1. The van der Waals surface area contributed by atoms with Gasteiger partial charge in [-0.2, -0.15) is 0 Å². The number of carbonyl (C=O) groups excluding carboxylic acids is 1. The molecule has 0 aliphatic carbocycles. The van der Waals surface area contributed by atoms with Gasteiger partial charge in [-0.05, 0) is 55.3 Å². The third-order valence-electron chi connectivity index (χ3n) is 5.28. The van der Waals surface area contributed by atoms with Gasteiger partial charge in [0.2, 0.25) is 0 Å². The Labute approximate surface area is 171 Å². The van der Waals surface area contributed by atoms with Crippen LogP contribution in [0.4, 0.5) is 11.4 Å². The Bertz CT molecular complexity index is 1160. The van der Waals surface area contributed by atoms with E-state index in [0.29, 0.717) is 11.3 Å². The molecule has 1 amide bonds. The number of nitrogens with zero attached hydrogens (tertiary/aromatic N) is 2. The summed E-state index contributed by atoms with van der Waals surface area (Å²) in [6.45, 7) is 2.02. The van der Waals surface area contributed by atoms with E-state index in [4.69, 9.17) is 0 Å². The highest BCUT2D eigenvalue weighted by Gasteiger charge is 2.31. The first-order chi connectivity index (χ1) is 13.9. The van der Waals surface area contributed by atoms with E-state index in [1.165, 1.54) is 11.4 Å². The minimum Gasteiger partial charge on any atom is -0.305 e. The van der Waals surface area contributed by atoms with Crippen molar-refractivity contribution in [1.82, 2.24) is 0 Å². The van der Waals surface area contributed by atoms with Gasteiger partial charge >= 0.3 is 0 Å². The quantitative estimate of drug-likeness (QED) is 0.655. The molecule has 4 rings (SSSR count). The zero-order valence-corrected chi connectivity index (χ0v) is 17.1. The molecule has 0 saturated heterocycles. The van der Waals surface area contributed by atoms with E-state index in [2.05, 4.69) is 0 Å². The molecule has 1 aliphatic rings. The van der Waals surface area contributed by atoms with Crippen LogP contribution in [0.25, 0.3) is 0 Å². The predicted octanol–water partition coefficient (Wildman–Crippen LogP) is 4.10. The number of fused-ring (bicyclic) bond motifs is 1. The summed E-state index contributed by atoms with van der Waals surface area (Å²) in [5.74, 6) is -0.130. The van der Waals surface area contributed by atoms with Crippen molar-refractivity contribution >= 4 is 27.3 Å². The van der Waals surface area contributed by atoms with Gasteiger partial charge in [0, 0.05) is 24.3 Å². The highest BCUT2D eigenvalue weighted by Crippen LogP contribution is 2.33. The van der Waals surface area contributed by atoms with E-state index in [9.17, 15) is 13.2 Å². The summed E-state index contributed by atoms with van der Waals surface area (Å²) < 4.78 is 27.0. The number of carbonyl (C=O) groups is 1. The van der Waals surface area contributed by atoms with Crippen molar-refractivity contribution < 1.29 is 13.2 Å². The number of anilines is 2. The van der Waals surface area contributed by atoms with E-state index < -0.39 is 10.0 Å². The maximum Gasteiger partial charge on any atom is 0.264 e. The van der Waals surface area contributed by atoms with Crippen molar-refractivity contribution in [3.05, 3.63) is 90.0 Å². The molecule has 3 aromatic rings. The Morgan fingerprint density at radius 1 is 0.966 bits per heavy atom. The van der Waals surface area contributed by atoms with Gasteiger partial charge in [0.15, 0.2) is 0 Å². The summed E-state index contributed by atoms with van der Waals surface area (Å²) >= 11 is 0. The molecule has 0 bridgehead atoms. The number of para-hydroxylation sites is 1. The van der Waals surface area contributed by atoms with Gasteiger partial charge in [-0.15, -0.1) is 0 Å². The molecule has 5 nitrogen and oxygen atoms in total. The molecule has 6 heteroatoms. The van der Waals surface area contributed by atoms with Crippen LogP contribution in [0, 0.1) is 0 Å². The zero-order chi connectivity index (χ0) is 20.6. The SMILES string of the molecule is C[C@@H]1Cc2ccccc2N1C(=O)c1cccc(N(C)S(=O)(=O)c2ccccc2)c1. The third kappa shape index (κ3) is 3.40. The molecule has 0 unspecified atom stereocenters. The second kappa shape index (κ2) is 7.37. The van der Waals surface area contributed by atoms with Crippen LogP contribution in [0.15, 0.2) is 83.8 Å². The Kier molecular flexibility index (Phi) is 4.88. The minimum absolute atomic E-state index is 0.0503. The lowest BCUT2D eigenvalue weighted by Gasteiger charge is -2.24. The van der Waals surface area contributed by atoms with Crippen LogP contribution >= 0.6 is 0 Å². The maximum absolute atomic E-state index is 13.3. The van der Waals surface area contributed by atoms with Gasteiger partial charge in [0.1, 0.15) is 0 Å². The highest BCUT2D eigenvalue weighted by molar-refractivity contribution is 7.92. The number of benzene rings is 3. The largest absolute Gasteiger partial charge is 0.305 e. The molecular weight excluding hydrogens is 384 g/mol. The van der Waals surface area contributed by atoms with Crippen molar-refractivity contribution in [3.8, 4) is 0 Å². The molecule has 0 radical (unpaired) electrons. The summed E-state index contributed by atoms with van der Waals surface area (Å²) in [4.78, 5) is 15.3. The number of hydrogen-bond donors (Lipinski definition) is 0. The molecule has 1 atom stereocenters. The monoisotopic (exact) mass is 406 g/mol. The number of rotatable bonds is 4. The highest BCUT2D eigenvalue weighted by atomic mass is 32.2. The normalized spacial score (nSPS) is 15.8. The van der Waals surface area contributed by atoms with Gasteiger partial charge in [0.05, 0.1) is 10.6 Å². The summed E-state index contributed by atoms with van der Waals surface area (Å²) in [6, 6.07) is 23.0. The van der Waals surface area contributed by atoms with Crippen LogP contribution in [0.2, 0.25) is 0 Å². The molecule has 148 valence electrons. The Morgan fingerprint density at radius 2 is 1.66 bits per heavy atom. The standard InChI is InChI=1S/C23H22N2O3S/c1-17-15-18-9-6-7-14-22(18)25(17)23(26)19-10-8-11-20(16-19)24(2)29(27,28)21-12-4-3-5-13-21/h3-14,16-17H,15H2,1-2H3/t17-/m1/s1. The Hall–Kier alpha value is -3.12. The molecular formula is C23H22N2O3S. The fourth-order valence-corrected chi connectivity index (χ4v) is 4.95. The fraction of sp³-hybridized carbons (Fsp3) is 0.174. The second-order valence-corrected chi connectivity index (χ2v) is 9.16. The lowest BCUT2D eigenvalue weighted by atomic mass is 10.1. The average molecular weight is 407 g/mol. The second-order valence-electron chi connectivity index (χ2n) is 7.19. The molecule has 0 saturated carbocycles. The van der Waals surface area contributed by atoms with Crippen LogP contribution < -0.4 is 9.21 Å². The molecule has 3 aromatic carbocycles. The molecule has 0 spiro atoms. The van der Waals surface area contributed by atoms with Crippen LogP contribution in [-0.2, 0) is 16.4 Å². The van der Waals surface area contributed by atoms with Crippen molar-refractivity contribution in [2.45, 2.75) is 24.3 Å². The Morgan fingerprint density at radius 3 is 2.41 bits per heavy atom. The zero-order valence-electron chi connectivity index (χ0n) is 16.3. The fourth-order valence-electron chi connectivity index (χ4n) is 3.74. The van der Waals surface area contributed by atoms with Crippen molar-refractivity contribution in [2.24, 2.45) is 0 Å². The van der Waals surface area contributed by atoms with Crippen LogP contribution in [0.1, 0.15) is 22.8 Å². The van der Waals surface area contributed by atoms with Crippen LogP contribution in [0.3, 0.4) is 0 Å². The third-order valence-corrected chi connectivity index (χ3v) is 7.08. The molecule has 0 fully saturated rings. The Balaban J connectivity index is 1.67. The van der Waals surface area contributed by atoms with Gasteiger partial charge in [-0.25, -0.2) is 8.42 Å². The van der Waals surface area contributed by atoms with Crippen LogP contribution in [0.5, 0.6) is 0 Å². The van der Waals surface area contributed by atoms with Gasteiger partial charge in [-0.3, -0.25) is 9.10 Å². The van der Waals surface area contributed by atoms with E-state index in [-0.39, 0.29) is 16.8 Å². The smallest absolute Gasteiger partial charge is 0.264 e. The summed E-state index contributed by atoms with van der Waals surface area (Å²) in [5.41, 5.74) is 2.97. The topological polar surface area (TPSA) is 57.7 Å². The summed E-state index contributed by atoms with van der Waals surface area (Å²) in [5, 5.41) is 0. The first kappa shape index (κ1) is 19.2. The first-order valence-electron chi connectivity index (χ1n) is 9.45. The first-order valence-corrected chi connectivity index (χ1v) is 10.9.